The van der Waals surface area contributed by atoms with E-state index in [1.165, 1.54) is 4.90 Å². The lowest BCUT2D eigenvalue weighted by atomic mass is 10.1. The smallest absolute Gasteiger partial charge is 0.321 e. The van der Waals surface area contributed by atoms with Crippen LogP contribution in [-0.4, -0.2) is 30.9 Å². The molecule has 0 aliphatic rings. The molecule has 5 heteroatoms. The predicted molar refractivity (Wildman–Crippen MR) is 95.9 cm³/mol. The van der Waals surface area contributed by atoms with Crippen LogP contribution in [-0.2, 0) is 11.2 Å². The third-order valence-electron chi connectivity index (χ3n) is 3.63. The summed E-state index contributed by atoms with van der Waals surface area (Å²) in [6, 6.07) is 16.9. The molecule has 0 heterocycles. The fourth-order valence-electron chi connectivity index (χ4n) is 2.30. The number of carbonyl (C=O) groups is 2. The first-order valence-electron chi connectivity index (χ1n) is 7.87. The highest BCUT2D eigenvalue weighted by molar-refractivity contribution is 5.89. The number of nitrogens with zero attached hydrogens (tertiary/aromatic N) is 1. The van der Waals surface area contributed by atoms with E-state index in [0.29, 0.717) is 5.69 Å². The third-order valence-corrected chi connectivity index (χ3v) is 3.63. The van der Waals surface area contributed by atoms with Gasteiger partial charge in [-0.05, 0) is 30.2 Å². The quantitative estimate of drug-likeness (QED) is 0.887. The van der Waals surface area contributed by atoms with Gasteiger partial charge in [-0.25, -0.2) is 4.79 Å². The van der Waals surface area contributed by atoms with Crippen LogP contribution in [0.15, 0.2) is 54.6 Å². The van der Waals surface area contributed by atoms with Crippen molar-refractivity contribution in [2.75, 3.05) is 19.4 Å². The number of nitrogens with one attached hydrogen (secondary N) is 2. The van der Waals surface area contributed by atoms with E-state index in [-0.39, 0.29) is 24.4 Å². The van der Waals surface area contributed by atoms with Gasteiger partial charge in [0, 0.05) is 19.8 Å². The van der Waals surface area contributed by atoms with Crippen molar-refractivity contribution in [3.8, 4) is 0 Å². The molecule has 0 aliphatic heterocycles. The Bertz CT molecular complexity index is 699. The molecule has 2 aromatic rings. The minimum atomic E-state index is -0.200. The lowest BCUT2D eigenvalue weighted by molar-refractivity contribution is -0.121. The Kier molecular flexibility index (Phi) is 5.95. The molecule has 3 amide bonds. The standard InChI is InChI=1S/C19H23N3O2/c1-14(16-9-5-4-6-10-16)20-18(23)13-15-8-7-11-17(12-15)21-19(24)22(2)3/h4-12,14H,13H2,1-3H3,(H,20,23)(H,21,24). The molecule has 2 aromatic carbocycles. The van der Waals surface area contributed by atoms with E-state index < -0.39 is 0 Å². The maximum atomic E-state index is 12.2. The van der Waals surface area contributed by atoms with Gasteiger partial charge in [0.1, 0.15) is 0 Å². The molecule has 0 bridgehead atoms. The number of amides is 3. The number of hydrogen-bond donors (Lipinski definition) is 2. The van der Waals surface area contributed by atoms with Crippen molar-refractivity contribution in [2.45, 2.75) is 19.4 Å². The average Bonchev–Trinajstić information content (AvgIpc) is 2.55. The molecule has 1 unspecified atom stereocenters. The second kappa shape index (κ2) is 8.15. The SMILES string of the molecule is CC(NC(=O)Cc1cccc(NC(=O)N(C)C)c1)c1ccccc1. The Labute approximate surface area is 142 Å². The van der Waals surface area contributed by atoms with E-state index in [2.05, 4.69) is 10.6 Å². The van der Waals surface area contributed by atoms with Crippen molar-refractivity contribution in [1.29, 1.82) is 0 Å². The average molecular weight is 325 g/mol. The molecule has 5 nitrogen and oxygen atoms in total. The van der Waals surface area contributed by atoms with Gasteiger partial charge in [0.2, 0.25) is 5.91 Å². The van der Waals surface area contributed by atoms with Crippen LogP contribution >= 0.6 is 0 Å². The molecular weight excluding hydrogens is 302 g/mol. The summed E-state index contributed by atoms with van der Waals surface area (Å²) in [6.07, 6.45) is 0.267. The van der Waals surface area contributed by atoms with Gasteiger partial charge in [0.15, 0.2) is 0 Å². The summed E-state index contributed by atoms with van der Waals surface area (Å²) in [7, 11) is 3.36. The molecule has 0 saturated heterocycles. The fourth-order valence-corrected chi connectivity index (χ4v) is 2.30. The summed E-state index contributed by atoms with van der Waals surface area (Å²) in [5.74, 6) is -0.0533. The molecule has 0 aromatic heterocycles. The number of benzene rings is 2. The monoisotopic (exact) mass is 325 g/mol. The lowest BCUT2D eigenvalue weighted by Gasteiger charge is -2.15. The Morgan fingerprint density at radius 2 is 1.75 bits per heavy atom. The van der Waals surface area contributed by atoms with Gasteiger partial charge in [-0.2, -0.15) is 0 Å². The molecule has 0 spiro atoms. The maximum Gasteiger partial charge on any atom is 0.321 e. The summed E-state index contributed by atoms with van der Waals surface area (Å²) in [5, 5.41) is 5.77. The normalized spacial score (nSPS) is 11.5. The fraction of sp³-hybridized carbons (Fsp3) is 0.263. The van der Waals surface area contributed by atoms with Gasteiger partial charge >= 0.3 is 6.03 Å². The van der Waals surface area contributed by atoms with Crippen LogP contribution in [0.1, 0.15) is 24.1 Å². The predicted octanol–water partition coefficient (Wildman–Crippen LogP) is 3.20. The van der Waals surface area contributed by atoms with E-state index in [0.717, 1.165) is 11.1 Å². The molecule has 2 rings (SSSR count). The zero-order valence-corrected chi connectivity index (χ0v) is 14.2. The summed E-state index contributed by atoms with van der Waals surface area (Å²) >= 11 is 0. The van der Waals surface area contributed by atoms with Crippen LogP contribution < -0.4 is 10.6 Å². The Morgan fingerprint density at radius 3 is 2.42 bits per heavy atom. The van der Waals surface area contributed by atoms with Gasteiger partial charge in [0.25, 0.3) is 0 Å². The van der Waals surface area contributed by atoms with Gasteiger partial charge in [-0.1, -0.05) is 42.5 Å². The first kappa shape index (κ1) is 17.5. The molecule has 1 atom stereocenters. The molecule has 126 valence electrons. The van der Waals surface area contributed by atoms with Gasteiger partial charge < -0.3 is 15.5 Å². The highest BCUT2D eigenvalue weighted by atomic mass is 16.2. The molecule has 0 radical (unpaired) electrons. The van der Waals surface area contributed by atoms with Crippen molar-refractivity contribution in [1.82, 2.24) is 10.2 Å². The van der Waals surface area contributed by atoms with Crippen LogP contribution in [0.3, 0.4) is 0 Å². The minimum Gasteiger partial charge on any atom is -0.349 e. The van der Waals surface area contributed by atoms with Crippen LogP contribution in [0, 0.1) is 0 Å². The van der Waals surface area contributed by atoms with Gasteiger partial charge in [-0.3, -0.25) is 4.79 Å². The van der Waals surface area contributed by atoms with E-state index in [4.69, 9.17) is 0 Å². The van der Waals surface area contributed by atoms with Crippen LogP contribution in [0.5, 0.6) is 0 Å². The van der Waals surface area contributed by atoms with Crippen molar-refractivity contribution < 1.29 is 9.59 Å². The topological polar surface area (TPSA) is 61.4 Å². The second-order valence-corrected chi connectivity index (χ2v) is 5.90. The van der Waals surface area contributed by atoms with Crippen molar-refractivity contribution in [3.63, 3.8) is 0 Å². The number of anilines is 1. The van der Waals surface area contributed by atoms with Crippen LogP contribution in [0.4, 0.5) is 10.5 Å². The largest absolute Gasteiger partial charge is 0.349 e. The van der Waals surface area contributed by atoms with Crippen molar-refractivity contribution in [3.05, 3.63) is 65.7 Å². The zero-order valence-electron chi connectivity index (χ0n) is 14.2. The summed E-state index contributed by atoms with van der Waals surface area (Å²) in [6.45, 7) is 1.96. The Hall–Kier alpha value is -2.82. The summed E-state index contributed by atoms with van der Waals surface area (Å²) < 4.78 is 0. The van der Waals surface area contributed by atoms with Gasteiger partial charge in [-0.15, -0.1) is 0 Å². The number of rotatable bonds is 5. The first-order chi connectivity index (χ1) is 11.5. The minimum absolute atomic E-state index is 0.0460. The summed E-state index contributed by atoms with van der Waals surface area (Å²) in [4.78, 5) is 25.4. The highest BCUT2D eigenvalue weighted by Crippen LogP contribution is 2.14. The second-order valence-electron chi connectivity index (χ2n) is 5.90. The summed E-state index contributed by atoms with van der Waals surface area (Å²) in [5.41, 5.74) is 2.59. The maximum absolute atomic E-state index is 12.2. The van der Waals surface area contributed by atoms with Crippen molar-refractivity contribution in [2.24, 2.45) is 0 Å². The molecule has 0 fully saturated rings. The number of carbonyl (C=O) groups excluding carboxylic acids is 2. The first-order valence-corrected chi connectivity index (χ1v) is 7.87. The number of hydrogen-bond acceptors (Lipinski definition) is 2. The Morgan fingerprint density at radius 1 is 1.04 bits per heavy atom. The van der Waals surface area contributed by atoms with E-state index in [9.17, 15) is 9.59 Å². The van der Waals surface area contributed by atoms with E-state index in [1.807, 2.05) is 55.5 Å². The molecule has 0 saturated carbocycles. The van der Waals surface area contributed by atoms with Crippen LogP contribution in [0.25, 0.3) is 0 Å². The molecule has 0 aliphatic carbocycles. The van der Waals surface area contributed by atoms with E-state index >= 15 is 0 Å². The van der Waals surface area contributed by atoms with E-state index in [1.54, 1.807) is 20.2 Å². The molecule has 2 N–H and O–H groups in total. The van der Waals surface area contributed by atoms with Crippen LogP contribution in [0.2, 0.25) is 0 Å². The molecular formula is C19H23N3O2. The Balaban J connectivity index is 1.95. The number of urea groups is 1. The van der Waals surface area contributed by atoms with Gasteiger partial charge in [0.05, 0.1) is 12.5 Å². The lowest BCUT2D eigenvalue weighted by Crippen LogP contribution is -2.28. The third kappa shape index (κ3) is 5.12. The van der Waals surface area contributed by atoms with Crippen molar-refractivity contribution >= 4 is 17.6 Å². The zero-order chi connectivity index (χ0) is 17.5. The molecule has 24 heavy (non-hydrogen) atoms. The highest BCUT2D eigenvalue weighted by Gasteiger charge is 2.11.